The Morgan fingerprint density at radius 2 is 1.51 bits per heavy atom. The smallest absolute Gasteiger partial charge is 0.345 e. The molecule has 5 aromatic carbocycles. The number of hydrazone groups is 1. The second-order valence-electron chi connectivity index (χ2n) is 8.68. The highest BCUT2D eigenvalue weighted by Gasteiger charge is 2.18. The number of carbonyl (C=O) groups excluding carboxylic acids is 2. The van der Waals surface area contributed by atoms with Crippen LogP contribution in [0.1, 0.15) is 22.8 Å². The minimum Gasteiger partial charge on any atom is -0.480 e. The minimum absolute atomic E-state index is 0.171. The van der Waals surface area contributed by atoms with Crippen molar-refractivity contribution in [3.63, 3.8) is 0 Å². The number of benzene rings is 5. The molecule has 5 aromatic rings. The molecule has 0 aliphatic rings. The molecular formula is C31H22Cl2N2O4. The Labute approximate surface area is 234 Å². The molecule has 8 heteroatoms. The molecule has 1 amide bonds. The Hall–Kier alpha value is -4.39. The zero-order valence-electron chi connectivity index (χ0n) is 20.7. The van der Waals surface area contributed by atoms with Crippen LogP contribution in [0.5, 0.6) is 11.5 Å². The van der Waals surface area contributed by atoms with Crippen LogP contribution in [-0.2, 0) is 4.79 Å². The summed E-state index contributed by atoms with van der Waals surface area (Å²) in [5.74, 6) is -0.236. The summed E-state index contributed by atoms with van der Waals surface area (Å²) in [5, 5.41) is 8.34. The molecule has 1 N–H and O–H groups in total. The number of fused-ring (bicyclic) bond motifs is 2. The van der Waals surface area contributed by atoms with Crippen LogP contribution in [-0.4, -0.2) is 24.2 Å². The van der Waals surface area contributed by atoms with Gasteiger partial charge in [0, 0.05) is 16.0 Å². The third-order valence-corrected chi connectivity index (χ3v) is 6.62. The van der Waals surface area contributed by atoms with Crippen molar-refractivity contribution >= 4 is 62.8 Å². The number of halogens is 2. The highest BCUT2D eigenvalue weighted by atomic mass is 35.5. The molecule has 5 rings (SSSR count). The van der Waals surface area contributed by atoms with E-state index in [1.165, 1.54) is 18.3 Å². The molecule has 194 valence electrons. The van der Waals surface area contributed by atoms with Gasteiger partial charge in [-0.05, 0) is 53.4 Å². The maximum Gasteiger partial charge on any atom is 0.345 e. The summed E-state index contributed by atoms with van der Waals surface area (Å²) in [6.07, 6.45) is 0.626. The van der Waals surface area contributed by atoms with E-state index in [9.17, 15) is 9.59 Å². The van der Waals surface area contributed by atoms with E-state index >= 15 is 0 Å². The van der Waals surface area contributed by atoms with Crippen LogP contribution in [0.4, 0.5) is 0 Å². The van der Waals surface area contributed by atoms with Gasteiger partial charge in [-0.3, -0.25) is 4.79 Å². The van der Waals surface area contributed by atoms with Crippen LogP contribution in [0.2, 0.25) is 10.0 Å². The average molecular weight is 557 g/mol. The van der Waals surface area contributed by atoms with Crippen LogP contribution in [0.25, 0.3) is 21.5 Å². The predicted molar refractivity (Wildman–Crippen MR) is 155 cm³/mol. The number of ether oxygens (including phenoxy) is 2. The number of carbonyl (C=O) groups is 2. The summed E-state index contributed by atoms with van der Waals surface area (Å²) in [6, 6.07) is 29.0. The molecule has 0 saturated heterocycles. The van der Waals surface area contributed by atoms with Gasteiger partial charge in [-0.1, -0.05) is 89.9 Å². The van der Waals surface area contributed by atoms with Crippen molar-refractivity contribution in [2.75, 3.05) is 0 Å². The maximum atomic E-state index is 12.9. The first-order valence-corrected chi connectivity index (χ1v) is 12.8. The van der Waals surface area contributed by atoms with Crippen molar-refractivity contribution in [2.45, 2.75) is 13.0 Å². The maximum absolute atomic E-state index is 12.9. The fourth-order valence-corrected chi connectivity index (χ4v) is 4.59. The lowest BCUT2D eigenvalue weighted by atomic mass is 10.0. The molecule has 0 aliphatic heterocycles. The molecule has 39 heavy (non-hydrogen) atoms. The SMILES string of the molecule is CC(Oc1cccc2ccccc12)C(=O)NN=Cc1c(OC(=O)c2ccc(Cl)cc2Cl)ccc2ccccc12. The van der Waals surface area contributed by atoms with Gasteiger partial charge in [0.15, 0.2) is 6.10 Å². The van der Waals surface area contributed by atoms with Crippen molar-refractivity contribution < 1.29 is 19.1 Å². The average Bonchev–Trinajstić information content (AvgIpc) is 2.94. The number of nitrogens with zero attached hydrogens (tertiary/aromatic N) is 1. The monoisotopic (exact) mass is 556 g/mol. The van der Waals surface area contributed by atoms with Crippen molar-refractivity contribution in [1.29, 1.82) is 0 Å². The largest absolute Gasteiger partial charge is 0.480 e. The van der Waals surface area contributed by atoms with Gasteiger partial charge in [0.25, 0.3) is 5.91 Å². The van der Waals surface area contributed by atoms with E-state index in [-0.39, 0.29) is 16.3 Å². The summed E-state index contributed by atoms with van der Waals surface area (Å²) in [7, 11) is 0. The van der Waals surface area contributed by atoms with E-state index in [0.717, 1.165) is 21.5 Å². The first-order chi connectivity index (χ1) is 18.9. The molecule has 0 aromatic heterocycles. The molecular weight excluding hydrogens is 535 g/mol. The lowest BCUT2D eigenvalue weighted by Gasteiger charge is -2.15. The first-order valence-electron chi connectivity index (χ1n) is 12.1. The number of hydrogen-bond acceptors (Lipinski definition) is 5. The Balaban J connectivity index is 1.36. The highest BCUT2D eigenvalue weighted by molar-refractivity contribution is 6.36. The Kier molecular flexibility index (Phi) is 7.77. The molecule has 0 bridgehead atoms. The number of esters is 1. The standard InChI is InChI=1S/C31H22Cl2N2O4/c1-19(38-28-12-6-9-20-7-3-5-11-24(20)28)30(36)35-34-18-26-23-10-4-2-8-21(23)13-16-29(26)39-31(37)25-15-14-22(32)17-27(25)33/h2-19H,1H3,(H,35,36). The van der Waals surface area contributed by atoms with Crippen LogP contribution >= 0.6 is 23.2 Å². The summed E-state index contributed by atoms with van der Waals surface area (Å²) in [5.41, 5.74) is 3.20. The third-order valence-electron chi connectivity index (χ3n) is 6.08. The minimum atomic E-state index is -0.815. The van der Waals surface area contributed by atoms with E-state index in [2.05, 4.69) is 10.5 Å². The van der Waals surface area contributed by atoms with Gasteiger partial charge in [-0.2, -0.15) is 5.10 Å². The van der Waals surface area contributed by atoms with E-state index in [1.807, 2.05) is 72.8 Å². The zero-order valence-corrected chi connectivity index (χ0v) is 22.2. The molecule has 0 heterocycles. The van der Waals surface area contributed by atoms with Crippen molar-refractivity contribution in [1.82, 2.24) is 5.43 Å². The number of amides is 1. The number of nitrogens with one attached hydrogen (secondary N) is 1. The quantitative estimate of drug-likeness (QED) is 0.0977. The van der Waals surface area contributed by atoms with Gasteiger partial charge < -0.3 is 9.47 Å². The number of hydrogen-bond donors (Lipinski definition) is 1. The third kappa shape index (κ3) is 5.87. The fourth-order valence-electron chi connectivity index (χ4n) is 4.10. The van der Waals surface area contributed by atoms with Gasteiger partial charge in [0.2, 0.25) is 0 Å². The second kappa shape index (κ2) is 11.6. The normalized spacial score (nSPS) is 12.0. The van der Waals surface area contributed by atoms with E-state index < -0.39 is 18.0 Å². The predicted octanol–water partition coefficient (Wildman–Crippen LogP) is 7.44. The first kappa shape index (κ1) is 26.2. The molecule has 0 aliphatic carbocycles. The topological polar surface area (TPSA) is 77.0 Å². The molecule has 0 fully saturated rings. The highest BCUT2D eigenvalue weighted by Crippen LogP contribution is 2.29. The van der Waals surface area contributed by atoms with Crippen molar-refractivity contribution in [3.8, 4) is 11.5 Å². The van der Waals surface area contributed by atoms with Crippen LogP contribution in [0, 0.1) is 0 Å². The lowest BCUT2D eigenvalue weighted by Crippen LogP contribution is -2.33. The van der Waals surface area contributed by atoms with Crippen molar-refractivity contribution in [3.05, 3.63) is 118 Å². The van der Waals surface area contributed by atoms with Gasteiger partial charge in [0.1, 0.15) is 11.5 Å². The summed E-state index contributed by atoms with van der Waals surface area (Å²) >= 11 is 12.1. The number of rotatable bonds is 7. The Morgan fingerprint density at radius 1 is 0.821 bits per heavy atom. The Morgan fingerprint density at radius 3 is 2.28 bits per heavy atom. The van der Waals surface area contributed by atoms with Crippen LogP contribution in [0.3, 0.4) is 0 Å². The van der Waals surface area contributed by atoms with Gasteiger partial charge in [-0.15, -0.1) is 0 Å². The second-order valence-corrected chi connectivity index (χ2v) is 9.53. The van der Waals surface area contributed by atoms with Gasteiger partial charge >= 0.3 is 5.97 Å². The van der Waals surface area contributed by atoms with E-state index in [1.54, 1.807) is 19.1 Å². The summed E-state index contributed by atoms with van der Waals surface area (Å²) in [4.78, 5) is 25.7. The summed E-state index contributed by atoms with van der Waals surface area (Å²) in [6.45, 7) is 1.65. The Bertz CT molecular complexity index is 1730. The molecule has 1 unspecified atom stereocenters. The van der Waals surface area contributed by atoms with Crippen molar-refractivity contribution in [2.24, 2.45) is 5.10 Å². The lowest BCUT2D eigenvalue weighted by molar-refractivity contribution is -0.127. The fraction of sp³-hybridized carbons (Fsp3) is 0.0645. The molecule has 0 spiro atoms. The zero-order chi connectivity index (χ0) is 27.4. The molecule has 1 atom stereocenters. The summed E-state index contributed by atoms with van der Waals surface area (Å²) < 4.78 is 11.6. The van der Waals surface area contributed by atoms with E-state index in [4.69, 9.17) is 32.7 Å². The molecule has 0 saturated carbocycles. The molecule has 0 radical (unpaired) electrons. The van der Waals surface area contributed by atoms with Crippen LogP contribution < -0.4 is 14.9 Å². The van der Waals surface area contributed by atoms with Gasteiger partial charge in [0.05, 0.1) is 16.8 Å². The molecule has 6 nitrogen and oxygen atoms in total. The van der Waals surface area contributed by atoms with Crippen LogP contribution in [0.15, 0.2) is 102 Å². The van der Waals surface area contributed by atoms with Gasteiger partial charge in [-0.25, -0.2) is 10.2 Å². The van der Waals surface area contributed by atoms with E-state index in [0.29, 0.717) is 16.3 Å².